The summed E-state index contributed by atoms with van der Waals surface area (Å²) in [6, 6.07) is 8.92. The topological polar surface area (TPSA) is 26.0 Å². The standard InChI is InChI=1S/C10H14IN.ClH/c1-8(12)2-3-9-4-6-10(11)7-5-9;/h4-8H,2-3,12H2,1H3;1H. The summed E-state index contributed by atoms with van der Waals surface area (Å²) in [6.07, 6.45) is 2.16. The Kier molecular flexibility index (Phi) is 6.73. The number of hydrogen-bond donors (Lipinski definition) is 1. The van der Waals surface area contributed by atoms with Crippen LogP contribution in [0.15, 0.2) is 24.3 Å². The van der Waals surface area contributed by atoms with Crippen molar-refractivity contribution in [1.29, 1.82) is 0 Å². The zero-order chi connectivity index (χ0) is 8.97. The Morgan fingerprint density at radius 3 is 2.31 bits per heavy atom. The van der Waals surface area contributed by atoms with E-state index in [1.165, 1.54) is 9.13 Å². The minimum Gasteiger partial charge on any atom is -0.328 e. The summed E-state index contributed by atoms with van der Waals surface area (Å²) in [5.74, 6) is 0. The maximum absolute atomic E-state index is 5.67. The Morgan fingerprint density at radius 1 is 1.31 bits per heavy atom. The fraction of sp³-hybridized carbons (Fsp3) is 0.400. The van der Waals surface area contributed by atoms with Gasteiger partial charge in [-0.3, -0.25) is 0 Å². The molecule has 0 aliphatic carbocycles. The molecule has 1 nitrogen and oxygen atoms in total. The maximum Gasteiger partial charge on any atom is 0.0130 e. The number of benzene rings is 1. The molecule has 0 heterocycles. The predicted molar refractivity (Wildman–Crippen MR) is 68.4 cm³/mol. The van der Waals surface area contributed by atoms with E-state index in [0.29, 0.717) is 6.04 Å². The van der Waals surface area contributed by atoms with Crippen molar-refractivity contribution in [2.75, 3.05) is 0 Å². The Balaban J connectivity index is 0.00000144. The lowest BCUT2D eigenvalue weighted by Gasteiger charge is -2.04. The van der Waals surface area contributed by atoms with Gasteiger partial charge in [-0.1, -0.05) is 12.1 Å². The van der Waals surface area contributed by atoms with Gasteiger partial charge in [0, 0.05) is 9.61 Å². The second-order valence-electron chi connectivity index (χ2n) is 3.14. The van der Waals surface area contributed by atoms with E-state index in [1.54, 1.807) is 0 Å². The zero-order valence-electron chi connectivity index (χ0n) is 7.66. The Bertz CT molecular complexity index is 233. The smallest absolute Gasteiger partial charge is 0.0130 e. The molecule has 1 aromatic carbocycles. The van der Waals surface area contributed by atoms with Gasteiger partial charge < -0.3 is 5.73 Å². The molecule has 0 bridgehead atoms. The van der Waals surface area contributed by atoms with Crippen LogP contribution in [0.25, 0.3) is 0 Å². The van der Waals surface area contributed by atoms with E-state index in [1.807, 2.05) is 6.92 Å². The van der Waals surface area contributed by atoms with Crippen molar-refractivity contribution in [3.8, 4) is 0 Å². The molecule has 13 heavy (non-hydrogen) atoms. The number of nitrogens with two attached hydrogens (primary N) is 1. The third-order valence-electron chi connectivity index (χ3n) is 1.80. The van der Waals surface area contributed by atoms with E-state index in [-0.39, 0.29) is 12.4 Å². The van der Waals surface area contributed by atoms with Crippen LogP contribution in [0.3, 0.4) is 0 Å². The zero-order valence-corrected chi connectivity index (χ0v) is 10.6. The first-order valence-corrected chi connectivity index (χ1v) is 5.26. The molecule has 2 N–H and O–H groups in total. The third kappa shape index (κ3) is 5.49. The van der Waals surface area contributed by atoms with Crippen LogP contribution < -0.4 is 5.73 Å². The number of aryl methyl sites for hydroxylation is 1. The average molecular weight is 312 g/mol. The van der Waals surface area contributed by atoms with Crippen molar-refractivity contribution in [1.82, 2.24) is 0 Å². The van der Waals surface area contributed by atoms with Gasteiger partial charge in [0.1, 0.15) is 0 Å². The second-order valence-corrected chi connectivity index (χ2v) is 4.39. The summed E-state index contributed by atoms with van der Waals surface area (Å²) >= 11 is 2.31. The van der Waals surface area contributed by atoms with Crippen LogP contribution in [0.1, 0.15) is 18.9 Å². The van der Waals surface area contributed by atoms with Gasteiger partial charge in [-0.15, -0.1) is 12.4 Å². The fourth-order valence-corrected chi connectivity index (χ4v) is 1.40. The minimum atomic E-state index is 0. The molecule has 1 unspecified atom stereocenters. The Labute approximate surface area is 99.6 Å². The van der Waals surface area contributed by atoms with Crippen molar-refractivity contribution < 1.29 is 0 Å². The average Bonchev–Trinajstić information content (AvgIpc) is 2.03. The summed E-state index contributed by atoms with van der Waals surface area (Å²) in [7, 11) is 0. The lowest BCUT2D eigenvalue weighted by molar-refractivity contribution is 0.666. The van der Waals surface area contributed by atoms with E-state index in [2.05, 4.69) is 46.9 Å². The highest BCUT2D eigenvalue weighted by Crippen LogP contribution is 2.08. The van der Waals surface area contributed by atoms with Gasteiger partial charge in [0.2, 0.25) is 0 Å². The summed E-state index contributed by atoms with van der Waals surface area (Å²) in [6.45, 7) is 2.05. The number of rotatable bonds is 3. The lowest BCUT2D eigenvalue weighted by Crippen LogP contribution is -2.15. The molecule has 1 aromatic rings. The van der Waals surface area contributed by atoms with Crippen LogP contribution in [-0.2, 0) is 6.42 Å². The van der Waals surface area contributed by atoms with Crippen LogP contribution in [0, 0.1) is 3.57 Å². The van der Waals surface area contributed by atoms with Crippen molar-refractivity contribution in [2.45, 2.75) is 25.8 Å². The summed E-state index contributed by atoms with van der Waals surface area (Å²) in [4.78, 5) is 0. The second kappa shape index (κ2) is 6.62. The van der Waals surface area contributed by atoms with Crippen LogP contribution in [-0.4, -0.2) is 6.04 Å². The monoisotopic (exact) mass is 311 g/mol. The van der Waals surface area contributed by atoms with Gasteiger partial charge in [0.05, 0.1) is 0 Å². The summed E-state index contributed by atoms with van der Waals surface area (Å²) in [5, 5.41) is 0. The molecule has 0 aromatic heterocycles. The van der Waals surface area contributed by atoms with E-state index < -0.39 is 0 Å². The van der Waals surface area contributed by atoms with Gasteiger partial charge in [-0.05, 0) is 60.1 Å². The molecule has 1 rings (SSSR count). The third-order valence-corrected chi connectivity index (χ3v) is 2.52. The molecule has 0 aliphatic rings. The largest absolute Gasteiger partial charge is 0.328 e. The highest BCUT2D eigenvalue weighted by Gasteiger charge is 1.96. The quantitative estimate of drug-likeness (QED) is 0.853. The van der Waals surface area contributed by atoms with Crippen LogP contribution >= 0.6 is 35.0 Å². The van der Waals surface area contributed by atoms with Gasteiger partial charge >= 0.3 is 0 Å². The molecular weight excluding hydrogens is 296 g/mol. The van der Waals surface area contributed by atoms with E-state index in [0.717, 1.165) is 12.8 Å². The highest BCUT2D eigenvalue weighted by molar-refractivity contribution is 14.1. The fourth-order valence-electron chi connectivity index (χ4n) is 1.05. The van der Waals surface area contributed by atoms with Crippen LogP contribution in [0.2, 0.25) is 0 Å². The SMILES string of the molecule is CC(N)CCc1ccc(I)cc1.Cl. The molecule has 74 valence electrons. The van der Waals surface area contributed by atoms with Crippen molar-refractivity contribution >= 4 is 35.0 Å². The molecule has 3 heteroatoms. The van der Waals surface area contributed by atoms with Gasteiger partial charge in [0.25, 0.3) is 0 Å². The first-order valence-electron chi connectivity index (χ1n) is 4.18. The lowest BCUT2D eigenvalue weighted by atomic mass is 10.1. The normalized spacial score (nSPS) is 11.9. The summed E-state index contributed by atoms with van der Waals surface area (Å²) < 4.78 is 1.29. The highest BCUT2D eigenvalue weighted by atomic mass is 127. The first-order chi connectivity index (χ1) is 5.68. The molecule has 0 aliphatic heterocycles. The molecule has 0 saturated heterocycles. The molecule has 0 saturated carbocycles. The van der Waals surface area contributed by atoms with Crippen LogP contribution in [0.4, 0.5) is 0 Å². The molecule has 0 spiro atoms. The molecule has 0 radical (unpaired) electrons. The molecule has 0 fully saturated rings. The number of hydrogen-bond acceptors (Lipinski definition) is 1. The van der Waals surface area contributed by atoms with Gasteiger partial charge in [-0.2, -0.15) is 0 Å². The molecule has 0 amide bonds. The van der Waals surface area contributed by atoms with E-state index in [9.17, 15) is 0 Å². The predicted octanol–water partition coefficient (Wildman–Crippen LogP) is 2.99. The Morgan fingerprint density at radius 2 is 1.85 bits per heavy atom. The van der Waals surface area contributed by atoms with E-state index >= 15 is 0 Å². The van der Waals surface area contributed by atoms with Crippen molar-refractivity contribution in [2.24, 2.45) is 5.73 Å². The molecule has 1 atom stereocenters. The van der Waals surface area contributed by atoms with Gasteiger partial charge in [-0.25, -0.2) is 0 Å². The van der Waals surface area contributed by atoms with E-state index in [4.69, 9.17) is 5.73 Å². The van der Waals surface area contributed by atoms with Gasteiger partial charge in [0.15, 0.2) is 0 Å². The van der Waals surface area contributed by atoms with Crippen LogP contribution in [0.5, 0.6) is 0 Å². The minimum absolute atomic E-state index is 0. The summed E-state index contributed by atoms with van der Waals surface area (Å²) in [5.41, 5.74) is 7.05. The Hall–Kier alpha value is 0.200. The molecular formula is C10H15ClIN. The van der Waals surface area contributed by atoms with Crippen molar-refractivity contribution in [3.63, 3.8) is 0 Å². The number of halogens is 2. The first kappa shape index (κ1) is 13.2. The maximum atomic E-state index is 5.67. The van der Waals surface area contributed by atoms with Crippen molar-refractivity contribution in [3.05, 3.63) is 33.4 Å².